The van der Waals surface area contributed by atoms with Crippen LogP contribution in [0.4, 0.5) is 0 Å². The van der Waals surface area contributed by atoms with Gasteiger partial charge in [0.25, 0.3) is 0 Å². The fourth-order valence-corrected chi connectivity index (χ4v) is 4.09. The summed E-state index contributed by atoms with van der Waals surface area (Å²) in [6.45, 7) is 3.02. The van der Waals surface area contributed by atoms with E-state index in [4.69, 9.17) is 4.74 Å². The van der Waals surface area contributed by atoms with Crippen LogP contribution in [0, 0.1) is 22.7 Å². The molecule has 0 amide bonds. The number of nitriles is 1. The van der Waals surface area contributed by atoms with E-state index in [-0.39, 0.29) is 5.41 Å². The van der Waals surface area contributed by atoms with Gasteiger partial charge < -0.3 is 4.74 Å². The molecule has 0 saturated heterocycles. The zero-order valence-electron chi connectivity index (χ0n) is 11.2. The van der Waals surface area contributed by atoms with Gasteiger partial charge in [0.2, 0.25) is 0 Å². The minimum absolute atomic E-state index is 0.181. The van der Waals surface area contributed by atoms with Gasteiger partial charge in [-0.1, -0.05) is 22.9 Å². The van der Waals surface area contributed by atoms with E-state index >= 15 is 0 Å². The summed E-state index contributed by atoms with van der Waals surface area (Å²) < 4.78 is 6.88. The highest BCUT2D eigenvalue weighted by atomic mass is 79.9. The molecule has 1 aliphatic carbocycles. The number of fused-ring (bicyclic) bond motifs is 1. The minimum Gasteiger partial charge on any atom is -0.493 e. The number of rotatable bonds is 2. The van der Waals surface area contributed by atoms with E-state index in [1.807, 2.05) is 0 Å². The first-order valence-corrected chi connectivity index (χ1v) is 7.76. The van der Waals surface area contributed by atoms with E-state index in [2.05, 4.69) is 41.1 Å². The van der Waals surface area contributed by atoms with Gasteiger partial charge in [0.15, 0.2) is 0 Å². The van der Waals surface area contributed by atoms with E-state index in [0.29, 0.717) is 5.92 Å². The van der Waals surface area contributed by atoms with Gasteiger partial charge in [-0.25, -0.2) is 0 Å². The lowest BCUT2D eigenvalue weighted by Crippen LogP contribution is -2.18. The molecule has 0 N–H and O–H groups in total. The van der Waals surface area contributed by atoms with Crippen molar-refractivity contribution in [2.75, 3.05) is 6.61 Å². The Labute approximate surface area is 122 Å². The number of hydrogen-bond donors (Lipinski definition) is 0. The molecule has 1 aromatic rings. The molecule has 0 radical (unpaired) electrons. The molecule has 1 heterocycles. The highest BCUT2D eigenvalue weighted by Gasteiger charge is 2.39. The Hall–Kier alpha value is -1.01. The molecule has 1 aromatic carbocycles. The van der Waals surface area contributed by atoms with Gasteiger partial charge in [0.1, 0.15) is 5.75 Å². The van der Waals surface area contributed by atoms with Crippen molar-refractivity contribution in [3.05, 3.63) is 27.7 Å². The molecule has 2 aliphatic rings. The van der Waals surface area contributed by atoms with E-state index in [1.54, 1.807) is 0 Å². The van der Waals surface area contributed by atoms with Gasteiger partial charge in [0, 0.05) is 10.9 Å². The summed E-state index contributed by atoms with van der Waals surface area (Å²) in [5.41, 5.74) is 2.31. The maximum Gasteiger partial charge on any atom is 0.125 e. The van der Waals surface area contributed by atoms with Crippen molar-refractivity contribution in [3.8, 4) is 11.8 Å². The second-order valence-electron chi connectivity index (χ2n) is 6.07. The molecule has 19 heavy (non-hydrogen) atoms. The monoisotopic (exact) mass is 319 g/mol. The Morgan fingerprint density at radius 3 is 3.05 bits per heavy atom. The SMILES string of the molecule is CC1CCC(C#N)(Cc2cc(Br)cc3c2OCC3)C1. The van der Waals surface area contributed by atoms with Crippen LogP contribution in [0.25, 0.3) is 0 Å². The molecule has 100 valence electrons. The Morgan fingerprint density at radius 2 is 2.37 bits per heavy atom. The number of hydrogen-bond acceptors (Lipinski definition) is 2. The molecule has 2 nitrogen and oxygen atoms in total. The third kappa shape index (κ3) is 2.39. The number of nitrogens with zero attached hydrogens (tertiary/aromatic N) is 1. The molecule has 3 rings (SSSR count). The molecule has 1 fully saturated rings. The predicted molar refractivity (Wildman–Crippen MR) is 78.1 cm³/mol. The Kier molecular flexibility index (Phi) is 3.30. The smallest absolute Gasteiger partial charge is 0.125 e. The average molecular weight is 320 g/mol. The van der Waals surface area contributed by atoms with Crippen LogP contribution in [0.2, 0.25) is 0 Å². The van der Waals surface area contributed by atoms with Crippen LogP contribution in [-0.2, 0) is 12.8 Å². The van der Waals surface area contributed by atoms with Crippen molar-refractivity contribution in [1.82, 2.24) is 0 Å². The first kappa shape index (κ1) is 13.0. The molecule has 0 bridgehead atoms. The van der Waals surface area contributed by atoms with Crippen LogP contribution >= 0.6 is 15.9 Å². The van der Waals surface area contributed by atoms with Crippen LogP contribution in [0.1, 0.15) is 37.3 Å². The Morgan fingerprint density at radius 1 is 1.53 bits per heavy atom. The highest BCUT2D eigenvalue weighted by Crippen LogP contribution is 2.46. The molecule has 2 unspecified atom stereocenters. The van der Waals surface area contributed by atoms with Crippen LogP contribution in [0.3, 0.4) is 0 Å². The molecule has 0 spiro atoms. The topological polar surface area (TPSA) is 33.0 Å². The molecular formula is C16H18BrNO. The Bertz CT molecular complexity index is 548. The summed E-state index contributed by atoms with van der Waals surface area (Å²) in [7, 11) is 0. The van der Waals surface area contributed by atoms with Crippen molar-refractivity contribution < 1.29 is 4.74 Å². The zero-order valence-corrected chi connectivity index (χ0v) is 12.8. The summed E-state index contributed by atoms with van der Waals surface area (Å²) in [5.74, 6) is 1.71. The van der Waals surface area contributed by atoms with E-state index < -0.39 is 0 Å². The maximum atomic E-state index is 9.61. The zero-order chi connectivity index (χ0) is 13.5. The summed E-state index contributed by atoms with van der Waals surface area (Å²) in [6.07, 6.45) is 5.02. The highest BCUT2D eigenvalue weighted by molar-refractivity contribution is 9.10. The summed E-state index contributed by atoms with van der Waals surface area (Å²) >= 11 is 3.58. The summed E-state index contributed by atoms with van der Waals surface area (Å²) in [5, 5.41) is 9.61. The van der Waals surface area contributed by atoms with Gasteiger partial charge in [0.05, 0.1) is 18.1 Å². The van der Waals surface area contributed by atoms with Gasteiger partial charge in [-0.15, -0.1) is 0 Å². The Balaban J connectivity index is 1.94. The first-order chi connectivity index (χ1) is 9.12. The fourth-order valence-electron chi connectivity index (χ4n) is 3.54. The molecule has 1 saturated carbocycles. The molecule has 1 aliphatic heterocycles. The standard InChI is InChI=1S/C16H18BrNO/c1-11-2-4-16(8-11,10-18)9-13-7-14(17)6-12-3-5-19-15(12)13/h6-7,11H,2-5,8-9H2,1H3. The second kappa shape index (κ2) is 4.83. The van der Waals surface area contributed by atoms with Crippen molar-refractivity contribution in [3.63, 3.8) is 0 Å². The quantitative estimate of drug-likeness (QED) is 0.816. The number of ether oxygens (including phenoxy) is 1. The minimum atomic E-state index is -0.181. The van der Waals surface area contributed by atoms with Crippen molar-refractivity contribution in [1.29, 1.82) is 5.26 Å². The lowest BCUT2D eigenvalue weighted by Gasteiger charge is -2.22. The molecule has 0 aromatic heterocycles. The summed E-state index contributed by atoms with van der Waals surface area (Å²) in [4.78, 5) is 0. The normalized spacial score (nSPS) is 28.8. The summed E-state index contributed by atoms with van der Waals surface area (Å²) in [6, 6.07) is 6.87. The fraction of sp³-hybridized carbons (Fsp3) is 0.562. The lowest BCUT2D eigenvalue weighted by molar-refractivity contribution is 0.341. The van der Waals surface area contributed by atoms with Gasteiger partial charge in [-0.2, -0.15) is 5.26 Å². The molecule has 2 atom stereocenters. The van der Waals surface area contributed by atoms with E-state index in [9.17, 15) is 5.26 Å². The average Bonchev–Trinajstić information content (AvgIpc) is 2.97. The van der Waals surface area contributed by atoms with Crippen LogP contribution in [0.5, 0.6) is 5.75 Å². The first-order valence-electron chi connectivity index (χ1n) is 6.97. The van der Waals surface area contributed by atoms with E-state index in [0.717, 1.165) is 42.5 Å². The van der Waals surface area contributed by atoms with Crippen molar-refractivity contribution in [2.24, 2.45) is 11.3 Å². The largest absolute Gasteiger partial charge is 0.493 e. The molecular weight excluding hydrogens is 302 g/mol. The van der Waals surface area contributed by atoms with Gasteiger partial charge >= 0.3 is 0 Å². The van der Waals surface area contributed by atoms with Crippen LogP contribution < -0.4 is 4.74 Å². The van der Waals surface area contributed by atoms with Crippen molar-refractivity contribution in [2.45, 2.75) is 39.0 Å². The predicted octanol–water partition coefficient (Wildman–Crippen LogP) is 4.26. The van der Waals surface area contributed by atoms with Gasteiger partial charge in [-0.3, -0.25) is 0 Å². The van der Waals surface area contributed by atoms with Crippen molar-refractivity contribution >= 4 is 15.9 Å². The van der Waals surface area contributed by atoms with Crippen LogP contribution in [0.15, 0.2) is 16.6 Å². The second-order valence-corrected chi connectivity index (χ2v) is 6.98. The van der Waals surface area contributed by atoms with Crippen LogP contribution in [-0.4, -0.2) is 6.61 Å². The maximum absolute atomic E-state index is 9.61. The lowest BCUT2D eigenvalue weighted by atomic mass is 9.80. The number of benzene rings is 1. The van der Waals surface area contributed by atoms with E-state index in [1.165, 1.54) is 17.5 Å². The third-order valence-electron chi connectivity index (χ3n) is 4.45. The van der Waals surface area contributed by atoms with Gasteiger partial charge in [-0.05, 0) is 54.9 Å². The third-order valence-corrected chi connectivity index (χ3v) is 4.90. The number of halogens is 1. The molecule has 3 heteroatoms.